The van der Waals surface area contributed by atoms with Crippen LogP contribution in [0.15, 0.2) is 11.1 Å². The third kappa shape index (κ3) is 3.45. The summed E-state index contributed by atoms with van der Waals surface area (Å²) < 4.78 is 6.78. The first-order valence-electron chi connectivity index (χ1n) is 10.1. The molecular formula is C21H23N3O4S2. The van der Waals surface area contributed by atoms with E-state index in [0.29, 0.717) is 37.8 Å². The van der Waals surface area contributed by atoms with Gasteiger partial charge >= 0.3 is 5.97 Å². The van der Waals surface area contributed by atoms with Crippen LogP contribution in [0.2, 0.25) is 0 Å². The summed E-state index contributed by atoms with van der Waals surface area (Å²) in [5, 5.41) is 3.93. The van der Waals surface area contributed by atoms with Crippen LogP contribution in [0.25, 0.3) is 10.2 Å². The number of anilines is 1. The van der Waals surface area contributed by atoms with E-state index in [9.17, 15) is 14.4 Å². The van der Waals surface area contributed by atoms with Crippen LogP contribution in [0.5, 0.6) is 0 Å². The third-order valence-corrected chi connectivity index (χ3v) is 7.75. The lowest BCUT2D eigenvalue weighted by molar-refractivity contribution is 0.0526. The maximum Gasteiger partial charge on any atom is 0.341 e. The molecule has 1 amide bonds. The second-order valence-corrected chi connectivity index (χ2v) is 9.27. The average molecular weight is 446 g/mol. The molecule has 0 radical (unpaired) electrons. The van der Waals surface area contributed by atoms with Crippen molar-refractivity contribution in [2.45, 2.75) is 53.0 Å². The number of carbonyl (C=O) groups excluding carboxylic acids is 2. The first-order chi connectivity index (χ1) is 14.5. The molecule has 0 unspecified atom stereocenters. The van der Waals surface area contributed by atoms with Gasteiger partial charge in [-0.2, -0.15) is 0 Å². The Labute approximate surface area is 181 Å². The molecule has 0 atom stereocenters. The molecule has 0 bridgehead atoms. The Hall–Kier alpha value is -2.52. The second-order valence-electron chi connectivity index (χ2n) is 7.16. The van der Waals surface area contributed by atoms with Crippen LogP contribution < -0.4 is 10.9 Å². The Bertz CT molecular complexity index is 1210. The predicted octanol–water partition coefficient (Wildman–Crippen LogP) is 4.16. The fourth-order valence-corrected chi connectivity index (χ4v) is 6.14. The summed E-state index contributed by atoms with van der Waals surface area (Å²) in [4.78, 5) is 44.9. The first-order valence-corrected chi connectivity index (χ1v) is 11.7. The van der Waals surface area contributed by atoms with Crippen molar-refractivity contribution in [3.05, 3.63) is 43.1 Å². The number of carbonyl (C=O) groups is 2. The SMILES string of the molecule is CCOC(=O)c1c(NC(=O)c2sc3ncn(CC)c(=O)c3c2C)sc2c1CCCC2. The number of nitrogens with zero attached hydrogens (tertiary/aromatic N) is 2. The van der Waals surface area contributed by atoms with Crippen molar-refractivity contribution in [1.29, 1.82) is 0 Å². The van der Waals surface area contributed by atoms with E-state index in [2.05, 4.69) is 10.3 Å². The summed E-state index contributed by atoms with van der Waals surface area (Å²) in [6.07, 6.45) is 5.33. The number of hydrogen-bond acceptors (Lipinski definition) is 7. The minimum atomic E-state index is -0.396. The van der Waals surface area contributed by atoms with Crippen molar-refractivity contribution in [1.82, 2.24) is 9.55 Å². The summed E-state index contributed by atoms with van der Waals surface area (Å²) in [6.45, 7) is 6.21. The zero-order chi connectivity index (χ0) is 21.4. The van der Waals surface area contributed by atoms with E-state index in [4.69, 9.17) is 4.74 Å². The fraction of sp³-hybridized carbons (Fsp3) is 0.429. The van der Waals surface area contributed by atoms with Gasteiger partial charge in [-0.1, -0.05) is 0 Å². The van der Waals surface area contributed by atoms with Gasteiger partial charge in [0.25, 0.3) is 11.5 Å². The number of nitrogens with one attached hydrogen (secondary N) is 1. The lowest BCUT2D eigenvalue weighted by Crippen LogP contribution is -2.19. The minimum absolute atomic E-state index is 0.144. The van der Waals surface area contributed by atoms with E-state index in [-0.39, 0.29) is 18.1 Å². The van der Waals surface area contributed by atoms with Crippen molar-refractivity contribution in [3.63, 3.8) is 0 Å². The summed E-state index contributed by atoms with van der Waals surface area (Å²) in [6, 6.07) is 0. The van der Waals surface area contributed by atoms with Gasteiger partial charge in [0.15, 0.2) is 0 Å². The molecule has 1 aliphatic carbocycles. The predicted molar refractivity (Wildman–Crippen MR) is 119 cm³/mol. The van der Waals surface area contributed by atoms with Crippen molar-refractivity contribution in [2.24, 2.45) is 0 Å². The molecule has 3 aromatic rings. The van der Waals surface area contributed by atoms with Gasteiger partial charge in [0.2, 0.25) is 0 Å². The second kappa shape index (κ2) is 8.31. The Balaban J connectivity index is 1.74. The van der Waals surface area contributed by atoms with Crippen molar-refractivity contribution >= 4 is 49.8 Å². The van der Waals surface area contributed by atoms with Crippen LogP contribution in [-0.4, -0.2) is 28.0 Å². The van der Waals surface area contributed by atoms with Gasteiger partial charge in [-0.05, 0) is 57.6 Å². The van der Waals surface area contributed by atoms with E-state index < -0.39 is 5.97 Å². The number of rotatable bonds is 5. The molecule has 0 aliphatic heterocycles. The molecule has 0 spiro atoms. The van der Waals surface area contributed by atoms with Gasteiger partial charge in [-0.25, -0.2) is 9.78 Å². The Morgan fingerprint density at radius 2 is 2.00 bits per heavy atom. The van der Waals surface area contributed by atoms with Crippen molar-refractivity contribution in [3.8, 4) is 0 Å². The maximum atomic E-state index is 13.1. The van der Waals surface area contributed by atoms with E-state index in [1.807, 2.05) is 6.92 Å². The Morgan fingerprint density at radius 3 is 2.73 bits per heavy atom. The van der Waals surface area contributed by atoms with Gasteiger partial charge in [-0.3, -0.25) is 14.2 Å². The molecule has 4 rings (SSSR count). The molecule has 30 heavy (non-hydrogen) atoms. The third-order valence-electron chi connectivity index (χ3n) is 5.34. The smallest absolute Gasteiger partial charge is 0.341 e. The number of hydrogen-bond donors (Lipinski definition) is 1. The number of esters is 1. The highest BCUT2D eigenvalue weighted by Gasteiger charge is 2.28. The van der Waals surface area contributed by atoms with Crippen LogP contribution in [0, 0.1) is 6.92 Å². The molecule has 0 saturated carbocycles. The Kier molecular flexibility index (Phi) is 5.75. The number of aromatic nitrogens is 2. The monoisotopic (exact) mass is 445 g/mol. The summed E-state index contributed by atoms with van der Waals surface area (Å²) >= 11 is 2.65. The molecular weight excluding hydrogens is 422 g/mol. The van der Waals surface area contributed by atoms with Crippen LogP contribution in [0.4, 0.5) is 5.00 Å². The van der Waals surface area contributed by atoms with Gasteiger partial charge < -0.3 is 10.1 Å². The topological polar surface area (TPSA) is 90.3 Å². The lowest BCUT2D eigenvalue weighted by Gasteiger charge is -2.12. The highest BCUT2D eigenvalue weighted by atomic mass is 32.1. The molecule has 7 nitrogen and oxygen atoms in total. The summed E-state index contributed by atoms with van der Waals surface area (Å²) in [7, 11) is 0. The van der Waals surface area contributed by atoms with Gasteiger partial charge in [0.05, 0.1) is 28.8 Å². The van der Waals surface area contributed by atoms with E-state index in [0.717, 1.165) is 36.1 Å². The first kappa shape index (κ1) is 20.7. The van der Waals surface area contributed by atoms with Crippen LogP contribution in [0.3, 0.4) is 0 Å². The van der Waals surface area contributed by atoms with Crippen LogP contribution >= 0.6 is 22.7 Å². The molecule has 1 N–H and O–H groups in total. The lowest BCUT2D eigenvalue weighted by atomic mass is 9.95. The molecule has 3 heterocycles. The fourth-order valence-electron chi connectivity index (χ4n) is 3.83. The van der Waals surface area contributed by atoms with Gasteiger partial charge in [0.1, 0.15) is 9.83 Å². The zero-order valence-corrected chi connectivity index (χ0v) is 18.8. The average Bonchev–Trinajstić information content (AvgIpc) is 3.26. The normalized spacial score (nSPS) is 13.3. The highest BCUT2D eigenvalue weighted by Crippen LogP contribution is 2.39. The summed E-state index contributed by atoms with van der Waals surface area (Å²) in [5.74, 6) is -0.727. The maximum absolute atomic E-state index is 13.1. The van der Waals surface area contributed by atoms with E-state index in [1.165, 1.54) is 33.6 Å². The highest BCUT2D eigenvalue weighted by molar-refractivity contribution is 7.21. The number of thiophene rings is 2. The molecule has 0 saturated heterocycles. The standard InChI is InChI=1S/C21H23N3O4S2/c1-4-24-10-22-18-14(20(24)26)11(3)16(30-18)17(25)23-19-15(21(27)28-5-2)12-8-6-7-9-13(12)29-19/h10H,4-9H2,1-3H3,(H,23,25). The van der Waals surface area contributed by atoms with Crippen LogP contribution in [0.1, 0.15) is 62.7 Å². The molecule has 158 valence electrons. The molecule has 3 aromatic heterocycles. The van der Waals surface area contributed by atoms with E-state index in [1.54, 1.807) is 13.8 Å². The minimum Gasteiger partial charge on any atom is -0.462 e. The molecule has 1 aliphatic rings. The van der Waals surface area contributed by atoms with Gasteiger partial charge in [-0.15, -0.1) is 22.7 Å². The van der Waals surface area contributed by atoms with Gasteiger partial charge in [0, 0.05) is 11.4 Å². The largest absolute Gasteiger partial charge is 0.462 e. The number of aryl methyl sites for hydroxylation is 3. The van der Waals surface area contributed by atoms with Crippen molar-refractivity contribution in [2.75, 3.05) is 11.9 Å². The quantitative estimate of drug-likeness (QED) is 0.596. The number of fused-ring (bicyclic) bond motifs is 2. The molecule has 0 fully saturated rings. The van der Waals surface area contributed by atoms with Crippen molar-refractivity contribution < 1.29 is 14.3 Å². The number of ether oxygens (including phenoxy) is 1. The Morgan fingerprint density at radius 1 is 1.23 bits per heavy atom. The van der Waals surface area contributed by atoms with E-state index >= 15 is 0 Å². The zero-order valence-electron chi connectivity index (χ0n) is 17.2. The molecule has 9 heteroatoms. The molecule has 0 aromatic carbocycles. The van der Waals surface area contributed by atoms with Crippen LogP contribution in [-0.2, 0) is 24.1 Å². The number of amides is 1. The summed E-state index contributed by atoms with van der Waals surface area (Å²) in [5.41, 5.74) is 1.96.